The Morgan fingerprint density at radius 2 is 2.04 bits per heavy atom. The van der Waals surface area contributed by atoms with Gasteiger partial charge in [0.1, 0.15) is 18.2 Å². The SMILES string of the molecule is Cc1cc(NC(=O)C(=O)N(C)C2COc3cc(C(F)(F)F)ccc32)cnc1N. The number of nitrogens with zero attached hydrogens (tertiary/aromatic N) is 2. The molecular formula is C18H17F3N4O3. The molecule has 0 saturated heterocycles. The molecule has 1 aromatic heterocycles. The maximum absolute atomic E-state index is 12.8. The first kappa shape index (κ1) is 19.5. The molecule has 1 aromatic carbocycles. The molecule has 3 N–H and O–H groups in total. The third-order valence-electron chi connectivity index (χ3n) is 4.46. The van der Waals surface area contributed by atoms with E-state index in [0.717, 1.165) is 17.0 Å². The first-order valence-corrected chi connectivity index (χ1v) is 8.22. The van der Waals surface area contributed by atoms with Gasteiger partial charge in [0.15, 0.2) is 0 Å². The van der Waals surface area contributed by atoms with Gasteiger partial charge < -0.3 is 20.7 Å². The van der Waals surface area contributed by atoms with Crippen molar-refractivity contribution in [2.45, 2.75) is 19.1 Å². The molecule has 0 radical (unpaired) electrons. The summed E-state index contributed by atoms with van der Waals surface area (Å²) in [5, 5.41) is 2.43. The number of amides is 2. The predicted octanol–water partition coefficient (Wildman–Crippen LogP) is 2.52. The van der Waals surface area contributed by atoms with Crippen LogP contribution in [0.1, 0.15) is 22.7 Å². The summed E-state index contributed by atoms with van der Waals surface area (Å²) in [7, 11) is 1.38. The molecule has 0 aliphatic carbocycles. The number of benzene rings is 1. The van der Waals surface area contributed by atoms with Gasteiger partial charge in [0.05, 0.1) is 23.5 Å². The van der Waals surface area contributed by atoms with Crippen LogP contribution in [0.15, 0.2) is 30.5 Å². The Morgan fingerprint density at radius 1 is 1.32 bits per heavy atom. The van der Waals surface area contributed by atoms with E-state index in [4.69, 9.17) is 10.5 Å². The van der Waals surface area contributed by atoms with Crippen LogP contribution in [0.5, 0.6) is 5.75 Å². The van der Waals surface area contributed by atoms with Crippen LogP contribution in [0.25, 0.3) is 0 Å². The molecule has 2 aromatic rings. The molecule has 2 heterocycles. The van der Waals surface area contributed by atoms with E-state index in [2.05, 4.69) is 10.3 Å². The number of likely N-dealkylation sites (N-methyl/N-ethyl adjacent to an activating group) is 1. The normalized spacial score (nSPS) is 15.5. The van der Waals surface area contributed by atoms with Gasteiger partial charge >= 0.3 is 18.0 Å². The van der Waals surface area contributed by atoms with Gasteiger partial charge in [-0.25, -0.2) is 4.98 Å². The fourth-order valence-corrected chi connectivity index (χ4v) is 2.83. The van der Waals surface area contributed by atoms with Crippen molar-refractivity contribution in [1.82, 2.24) is 9.88 Å². The second kappa shape index (κ2) is 7.02. The first-order valence-electron chi connectivity index (χ1n) is 8.22. The molecule has 10 heteroatoms. The van der Waals surface area contributed by atoms with Gasteiger partial charge in [-0.2, -0.15) is 13.2 Å². The quantitative estimate of drug-likeness (QED) is 0.763. The highest BCUT2D eigenvalue weighted by molar-refractivity contribution is 6.39. The van der Waals surface area contributed by atoms with Crippen molar-refractivity contribution >= 4 is 23.3 Å². The zero-order valence-electron chi connectivity index (χ0n) is 15.0. The topological polar surface area (TPSA) is 97.5 Å². The zero-order valence-corrected chi connectivity index (χ0v) is 15.0. The summed E-state index contributed by atoms with van der Waals surface area (Å²) in [5.41, 5.74) is 6.11. The summed E-state index contributed by atoms with van der Waals surface area (Å²) in [6.45, 7) is 1.66. The van der Waals surface area contributed by atoms with E-state index in [9.17, 15) is 22.8 Å². The van der Waals surface area contributed by atoms with Crippen molar-refractivity contribution in [3.05, 3.63) is 47.2 Å². The average Bonchev–Trinajstić information content (AvgIpc) is 3.06. The van der Waals surface area contributed by atoms with E-state index in [1.165, 1.54) is 19.3 Å². The van der Waals surface area contributed by atoms with E-state index in [-0.39, 0.29) is 12.4 Å². The molecule has 1 aliphatic heterocycles. The van der Waals surface area contributed by atoms with Crippen LogP contribution in [0, 0.1) is 6.92 Å². The number of nitrogens with two attached hydrogens (primary N) is 1. The molecule has 3 rings (SSSR count). The van der Waals surface area contributed by atoms with Crippen LogP contribution < -0.4 is 15.8 Å². The number of aromatic nitrogens is 1. The number of nitrogens with one attached hydrogen (secondary N) is 1. The van der Waals surface area contributed by atoms with Gasteiger partial charge in [-0.1, -0.05) is 6.07 Å². The van der Waals surface area contributed by atoms with Crippen molar-refractivity contribution in [2.75, 3.05) is 24.7 Å². The van der Waals surface area contributed by atoms with Crippen molar-refractivity contribution in [3.8, 4) is 5.75 Å². The molecule has 1 atom stereocenters. The molecule has 2 amide bonds. The van der Waals surface area contributed by atoms with Crippen molar-refractivity contribution in [2.24, 2.45) is 0 Å². The maximum atomic E-state index is 12.8. The highest BCUT2D eigenvalue weighted by Crippen LogP contribution is 2.40. The smallest absolute Gasteiger partial charge is 0.416 e. The third-order valence-corrected chi connectivity index (χ3v) is 4.46. The Hall–Kier alpha value is -3.30. The van der Waals surface area contributed by atoms with Crippen LogP contribution in [0.4, 0.5) is 24.7 Å². The minimum atomic E-state index is -4.50. The molecule has 0 bridgehead atoms. The Kier molecular flexibility index (Phi) is 4.88. The lowest BCUT2D eigenvalue weighted by Crippen LogP contribution is -2.40. The molecule has 28 heavy (non-hydrogen) atoms. The number of hydrogen-bond donors (Lipinski definition) is 2. The van der Waals surface area contributed by atoms with Crippen LogP contribution in [0.3, 0.4) is 0 Å². The summed E-state index contributed by atoms with van der Waals surface area (Å²) < 4.78 is 43.8. The molecule has 7 nitrogen and oxygen atoms in total. The van der Waals surface area contributed by atoms with Crippen molar-refractivity contribution in [1.29, 1.82) is 0 Å². The van der Waals surface area contributed by atoms with Gasteiger partial charge in [0.2, 0.25) is 0 Å². The minimum Gasteiger partial charge on any atom is -0.491 e. The van der Waals surface area contributed by atoms with Gasteiger partial charge in [0.25, 0.3) is 0 Å². The third kappa shape index (κ3) is 3.71. The first-order chi connectivity index (χ1) is 13.1. The Balaban J connectivity index is 1.74. The molecule has 1 unspecified atom stereocenters. The summed E-state index contributed by atoms with van der Waals surface area (Å²) >= 11 is 0. The van der Waals surface area contributed by atoms with Crippen LogP contribution >= 0.6 is 0 Å². The van der Waals surface area contributed by atoms with E-state index >= 15 is 0 Å². The monoisotopic (exact) mass is 394 g/mol. The van der Waals surface area contributed by atoms with Crippen molar-refractivity contribution in [3.63, 3.8) is 0 Å². The summed E-state index contributed by atoms with van der Waals surface area (Å²) in [6, 6.07) is 3.95. The number of hydrogen-bond acceptors (Lipinski definition) is 5. The standard InChI is InChI=1S/C18H17F3N4O3/c1-9-5-11(7-23-15(9)22)24-16(26)17(27)25(2)13-8-28-14-6-10(18(19,20)21)3-4-12(13)14/h3-7,13H,8H2,1-2H3,(H2,22,23)(H,24,26). The average molecular weight is 394 g/mol. The largest absolute Gasteiger partial charge is 0.491 e. The number of pyridine rings is 1. The number of ether oxygens (including phenoxy) is 1. The fraction of sp³-hybridized carbons (Fsp3) is 0.278. The van der Waals surface area contributed by atoms with Crippen LogP contribution in [-0.2, 0) is 15.8 Å². The number of alkyl halides is 3. The number of nitrogen functional groups attached to an aromatic ring is 1. The van der Waals surface area contributed by atoms with Gasteiger partial charge in [-0.15, -0.1) is 0 Å². The van der Waals surface area contributed by atoms with Crippen LogP contribution in [-0.4, -0.2) is 35.4 Å². The van der Waals surface area contributed by atoms with E-state index < -0.39 is 29.6 Å². The predicted molar refractivity (Wildman–Crippen MR) is 94.5 cm³/mol. The Labute approximate surface area is 158 Å². The lowest BCUT2D eigenvalue weighted by atomic mass is 10.0. The lowest BCUT2D eigenvalue weighted by molar-refractivity contribution is -0.143. The summed E-state index contributed by atoms with van der Waals surface area (Å²) in [6.07, 6.45) is -3.18. The molecule has 0 saturated carbocycles. The van der Waals surface area contributed by atoms with Gasteiger partial charge in [0, 0.05) is 12.6 Å². The van der Waals surface area contributed by atoms with E-state index in [1.54, 1.807) is 13.0 Å². The van der Waals surface area contributed by atoms with Gasteiger partial charge in [-0.3, -0.25) is 9.59 Å². The van der Waals surface area contributed by atoms with Crippen LogP contribution in [0.2, 0.25) is 0 Å². The number of aryl methyl sites for hydroxylation is 1. The Morgan fingerprint density at radius 3 is 2.68 bits per heavy atom. The highest BCUT2D eigenvalue weighted by atomic mass is 19.4. The molecule has 0 spiro atoms. The summed E-state index contributed by atoms with van der Waals surface area (Å²) in [4.78, 5) is 29.7. The summed E-state index contributed by atoms with van der Waals surface area (Å²) in [5.74, 6) is -1.43. The Bertz CT molecular complexity index is 946. The molecule has 1 aliphatic rings. The number of carbonyl (C=O) groups is 2. The molecule has 0 fully saturated rings. The van der Waals surface area contributed by atoms with Crippen molar-refractivity contribution < 1.29 is 27.5 Å². The number of anilines is 2. The number of halogens is 3. The molecular weight excluding hydrogens is 377 g/mol. The number of fused-ring (bicyclic) bond motifs is 1. The second-order valence-electron chi connectivity index (χ2n) is 6.37. The van der Waals surface area contributed by atoms with Gasteiger partial charge in [-0.05, 0) is 30.7 Å². The maximum Gasteiger partial charge on any atom is 0.416 e. The van der Waals surface area contributed by atoms with E-state index in [0.29, 0.717) is 22.6 Å². The highest BCUT2D eigenvalue weighted by Gasteiger charge is 2.36. The minimum absolute atomic E-state index is 0.0400. The second-order valence-corrected chi connectivity index (χ2v) is 6.37. The fourth-order valence-electron chi connectivity index (χ4n) is 2.83. The number of rotatable bonds is 2. The molecule has 148 valence electrons. The van der Waals surface area contributed by atoms with E-state index in [1.807, 2.05) is 0 Å². The number of carbonyl (C=O) groups excluding carboxylic acids is 2. The zero-order chi connectivity index (χ0) is 20.6. The lowest BCUT2D eigenvalue weighted by Gasteiger charge is -2.23.